The molecule has 2 aliphatic heterocycles. The van der Waals surface area contributed by atoms with Gasteiger partial charge >= 0.3 is 24.1 Å². The first-order valence-electron chi connectivity index (χ1n) is 12.0. The second kappa shape index (κ2) is 11.5. The van der Waals surface area contributed by atoms with Crippen molar-refractivity contribution in [2.75, 3.05) is 19.7 Å². The lowest BCUT2D eigenvalue weighted by atomic mass is 10.1. The number of nitrogens with one attached hydrogen (secondary N) is 1. The number of aliphatic carboxylic acids is 1. The third-order valence-electron chi connectivity index (χ3n) is 5.80. The number of aliphatic hydroxyl groups is 1. The largest absolute Gasteiger partial charge is 0.490 e. The molecule has 0 aliphatic carbocycles. The Morgan fingerprint density at radius 1 is 1.11 bits per heavy atom. The van der Waals surface area contributed by atoms with Crippen LogP contribution in [0.1, 0.15) is 44.7 Å². The van der Waals surface area contributed by atoms with E-state index in [9.17, 15) is 32.7 Å². The van der Waals surface area contributed by atoms with Gasteiger partial charge in [0.1, 0.15) is 18.0 Å². The Balaban J connectivity index is 1.71. The molecule has 3 N–H and O–H groups in total. The highest BCUT2D eigenvalue weighted by molar-refractivity contribution is 5.99. The van der Waals surface area contributed by atoms with Crippen LogP contribution in [0.5, 0.6) is 5.75 Å². The summed E-state index contributed by atoms with van der Waals surface area (Å²) in [5, 5.41) is 20.0. The lowest BCUT2D eigenvalue weighted by Gasteiger charge is -2.33. The first-order chi connectivity index (χ1) is 17.6. The van der Waals surface area contributed by atoms with Gasteiger partial charge in [0.25, 0.3) is 0 Å². The van der Waals surface area contributed by atoms with Crippen LogP contribution >= 0.6 is 0 Å². The van der Waals surface area contributed by atoms with Gasteiger partial charge in [-0.25, -0.2) is 14.6 Å². The monoisotopic (exact) mass is 544 g/mol. The highest BCUT2D eigenvalue weighted by Crippen LogP contribution is 2.28. The molecule has 0 unspecified atom stereocenters. The van der Waals surface area contributed by atoms with Crippen LogP contribution in [0.3, 0.4) is 0 Å². The summed E-state index contributed by atoms with van der Waals surface area (Å²) in [7, 11) is 0. The van der Waals surface area contributed by atoms with Crippen LogP contribution in [0, 0.1) is 0 Å². The molecule has 1 saturated heterocycles. The van der Waals surface area contributed by atoms with Crippen molar-refractivity contribution in [2.45, 2.75) is 70.6 Å². The zero-order valence-electron chi connectivity index (χ0n) is 21.2. The second-order valence-electron chi connectivity index (χ2n) is 10.1. The maximum Gasteiger partial charge on any atom is 0.471 e. The molecule has 1 aromatic carbocycles. The van der Waals surface area contributed by atoms with E-state index in [0.29, 0.717) is 31.5 Å². The third kappa shape index (κ3) is 7.97. The molecule has 0 saturated carbocycles. The lowest BCUT2D eigenvalue weighted by Crippen LogP contribution is -2.48. The van der Waals surface area contributed by atoms with Crippen molar-refractivity contribution in [3.05, 3.63) is 29.3 Å². The fourth-order valence-corrected chi connectivity index (χ4v) is 3.90. The van der Waals surface area contributed by atoms with Gasteiger partial charge in [-0.05, 0) is 56.9 Å². The number of carbonyl (C=O) groups excluding carboxylic acids is 2. The average Bonchev–Trinajstić information content (AvgIpc) is 3.24. The molecule has 2 heterocycles. The number of carbonyl (C=O) groups is 3. The molecule has 0 bridgehead atoms. The number of aliphatic hydroxyl groups excluding tert-OH is 1. The molecule has 14 heteroatoms. The summed E-state index contributed by atoms with van der Waals surface area (Å²) in [6.07, 6.45) is -6.56. The number of halogens is 3. The van der Waals surface area contributed by atoms with Crippen LogP contribution in [-0.4, -0.2) is 87.6 Å². The van der Waals surface area contributed by atoms with Crippen LogP contribution in [0.25, 0.3) is 0 Å². The predicted octanol–water partition coefficient (Wildman–Crippen LogP) is 2.26. The number of likely N-dealkylation sites (tertiary alicyclic amines) is 1. The van der Waals surface area contributed by atoms with E-state index in [-0.39, 0.29) is 24.8 Å². The number of aliphatic imine (C=N–C) groups is 1. The van der Waals surface area contributed by atoms with E-state index >= 15 is 0 Å². The number of fused-ring (bicyclic) bond motifs is 1. The zero-order valence-corrected chi connectivity index (χ0v) is 21.2. The van der Waals surface area contributed by atoms with Gasteiger partial charge in [-0.1, -0.05) is 6.07 Å². The zero-order chi connectivity index (χ0) is 28.3. The maximum atomic E-state index is 13.1. The Morgan fingerprint density at radius 3 is 2.32 bits per heavy atom. The molecule has 1 atom stereocenters. The molecule has 38 heavy (non-hydrogen) atoms. The summed E-state index contributed by atoms with van der Waals surface area (Å²) < 4.78 is 49.8. The summed E-state index contributed by atoms with van der Waals surface area (Å²) in [4.78, 5) is 42.3. The smallest absolute Gasteiger partial charge is 0.471 e. The molecule has 2 aliphatic rings. The van der Waals surface area contributed by atoms with Gasteiger partial charge in [0.15, 0.2) is 6.10 Å². The third-order valence-corrected chi connectivity index (χ3v) is 5.80. The van der Waals surface area contributed by atoms with Crippen molar-refractivity contribution in [1.29, 1.82) is 0 Å². The van der Waals surface area contributed by atoms with Crippen LogP contribution in [0.4, 0.5) is 18.0 Å². The molecule has 0 spiro atoms. The van der Waals surface area contributed by atoms with E-state index in [0.717, 1.165) is 5.56 Å². The van der Waals surface area contributed by atoms with Crippen LogP contribution in [0.15, 0.2) is 23.2 Å². The first kappa shape index (κ1) is 29.0. The molecule has 11 nitrogen and oxygen atoms in total. The first-order valence-corrected chi connectivity index (χ1v) is 12.0. The van der Waals surface area contributed by atoms with Gasteiger partial charge in [-0.3, -0.25) is 10.1 Å². The number of amides is 2. The summed E-state index contributed by atoms with van der Waals surface area (Å²) >= 11 is 0. The lowest BCUT2D eigenvalue weighted by molar-refractivity contribution is -0.172. The number of piperidine rings is 1. The summed E-state index contributed by atoms with van der Waals surface area (Å²) in [5.41, 5.74) is 0.776. The number of carboxylic acid groups (broad SMARTS) is 1. The highest BCUT2D eigenvalue weighted by Gasteiger charge is 2.40. The molecule has 0 radical (unpaired) electrons. The maximum absolute atomic E-state index is 13.1. The van der Waals surface area contributed by atoms with Crippen molar-refractivity contribution in [3.63, 3.8) is 0 Å². The fraction of sp³-hybridized carbons (Fsp3) is 0.583. The molecule has 1 fully saturated rings. The minimum Gasteiger partial charge on any atom is -0.490 e. The fourth-order valence-electron chi connectivity index (χ4n) is 3.90. The normalized spacial score (nSPS) is 17.6. The predicted molar refractivity (Wildman–Crippen MR) is 127 cm³/mol. The number of alkyl halides is 3. The summed E-state index contributed by atoms with van der Waals surface area (Å²) in [6.45, 7) is 5.65. The average molecular weight is 545 g/mol. The van der Waals surface area contributed by atoms with Crippen molar-refractivity contribution < 1.29 is 47.2 Å². The minimum absolute atomic E-state index is 0.113. The SMILES string of the molecule is CC(C)(C)OC(=O)N1CCC(N=C(NC(=O)C(F)(F)F)N2Cc3ccc(OC[C@@H](O)C(=O)O)cc3C2)CC1. The molecule has 210 valence electrons. The molecule has 1 aromatic rings. The summed E-state index contributed by atoms with van der Waals surface area (Å²) in [6, 6.07) is 4.37. The van der Waals surface area contributed by atoms with Gasteiger partial charge in [0.05, 0.1) is 6.04 Å². The number of hydrogen-bond donors (Lipinski definition) is 3. The number of hydrogen-bond acceptors (Lipinski definition) is 7. The Kier molecular flexibility index (Phi) is 8.75. The van der Waals surface area contributed by atoms with Gasteiger partial charge in [-0.2, -0.15) is 13.2 Å². The highest BCUT2D eigenvalue weighted by atomic mass is 19.4. The molecular weight excluding hydrogens is 513 g/mol. The van der Waals surface area contributed by atoms with E-state index in [1.54, 1.807) is 39.0 Å². The van der Waals surface area contributed by atoms with Crippen molar-refractivity contribution in [2.24, 2.45) is 4.99 Å². The van der Waals surface area contributed by atoms with Gasteiger partial charge < -0.3 is 29.5 Å². The second-order valence-corrected chi connectivity index (χ2v) is 10.1. The summed E-state index contributed by atoms with van der Waals surface area (Å²) in [5.74, 6) is -3.54. The Morgan fingerprint density at radius 2 is 1.74 bits per heavy atom. The topological polar surface area (TPSA) is 141 Å². The van der Waals surface area contributed by atoms with E-state index in [4.69, 9.17) is 14.6 Å². The number of benzene rings is 1. The van der Waals surface area contributed by atoms with Crippen LogP contribution < -0.4 is 10.1 Å². The van der Waals surface area contributed by atoms with Gasteiger partial charge in [0.2, 0.25) is 5.96 Å². The number of guanidine groups is 1. The molecule has 2 amide bonds. The number of nitrogens with zero attached hydrogens (tertiary/aromatic N) is 3. The van der Waals surface area contributed by atoms with Crippen molar-refractivity contribution in [3.8, 4) is 5.75 Å². The standard InChI is InChI=1S/C24H31F3N4O7/c1-23(2,3)38-22(36)30-8-6-16(7-9-30)28-21(29-20(35)24(25,26)27)31-11-14-4-5-17(10-15(14)12-31)37-13-18(32)19(33)34/h4-5,10,16,18,32H,6-9,11-13H2,1-3H3,(H,33,34)(H,28,29,35)/t18-/m1/s1. The van der Waals surface area contributed by atoms with E-state index in [1.807, 2.05) is 5.32 Å². The number of rotatable bonds is 5. The van der Waals surface area contributed by atoms with Crippen molar-refractivity contribution in [1.82, 2.24) is 15.1 Å². The Labute approximate surface area is 217 Å². The van der Waals surface area contributed by atoms with Crippen molar-refractivity contribution >= 4 is 23.9 Å². The van der Waals surface area contributed by atoms with Gasteiger partial charge in [0, 0.05) is 26.2 Å². The Hall–Kier alpha value is -3.55. The quantitative estimate of drug-likeness (QED) is 0.379. The van der Waals surface area contributed by atoms with Crippen LogP contribution in [0.2, 0.25) is 0 Å². The van der Waals surface area contributed by atoms with E-state index < -0.39 is 48.5 Å². The van der Waals surface area contributed by atoms with Crippen LogP contribution in [-0.2, 0) is 27.4 Å². The Bertz CT molecular complexity index is 1080. The van der Waals surface area contributed by atoms with E-state index in [1.165, 1.54) is 9.80 Å². The van der Waals surface area contributed by atoms with Gasteiger partial charge in [-0.15, -0.1) is 0 Å². The van der Waals surface area contributed by atoms with E-state index in [2.05, 4.69) is 4.99 Å². The number of carboxylic acids is 1. The number of ether oxygens (including phenoxy) is 2. The minimum atomic E-state index is -5.11. The molecule has 3 rings (SSSR count). The molecule has 0 aromatic heterocycles. The molecular formula is C24H31F3N4O7.